The van der Waals surface area contributed by atoms with Gasteiger partial charge in [0.1, 0.15) is 0 Å². The first-order chi connectivity index (χ1) is 14.0. The van der Waals surface area contributed by atoms with Crippen molar-refractivity contribution in [3.05, 3.63) is 101 Å². The SMILES string of the molecule is Cc1ccc(C(=O)OCC(=O)Nc2ccccc2C(=O)c2ccccc2)cc1C. The van der Waals surface area contributed by atoms with Crippen molar-refractivity contribution < 1.29 is 19.1 Å². The number of hydrogen-bond acceptors (Lipinski definition) is 4. The van der Waals surface area contributed by atoms with E-state index in [0.717, 1.165) is 11.1 Å². The molecule has 3 aromatic carbocycles. The van der Waals surface area contributed by atoms with Crippen molar-refractivity contribution in [2.45, 2.75) is 13.8 Å². The van der Waals surface area contributed by atoms with Crippen LogP contribution in [0.1, 0.15) is 37.4 Å². The van der Waals surface area contributed by atoms with Crippen LogP contribution >= 0.6 is 0 Å². The molecule has 0 aliphatic carbocycles. The van der Waals surface area contributed by atoms with Crippen LogP contribution in [0.2, 0.25) is 0 Å². The smallest absolute Gasteiger partial charge is 0.338 e. The molecule has 0 spiro atoms. The Labute approximate surface area is 169 Å². The summed E-state index contributed by atoms with van der Waals surface area (Å²) in [5, 5.41) is 2.65. The van der Waals surface area contributed by atoms with Gasteiger partial charge in [-0.05, 0) is 49.2 Å². The number of ketones is 1. The number of nitrogens with one attached hydrogen (secondary N) is 1. The zero-order chi connectivity index (χ0) is 20.8. The van der Waals surface area contributed by atoms with E-state index >= 15 is 0 Å². The third-order valence-electron chi connectivity index (χ3n) is 4.56. The maximum atomic E-state index is 12.7. The molecule has 0 heterocycles. The number of amides is 1. The quantitative estimate of drug-likeness (QED) is 0.505. The van der Waals surface area contributed by atoms with Crippen molar-refractivity contribution in [2.75, 3.05) is 11.9 Å². The first-order valence-corrected chi connectivity index (χ1v) is 9.18. The standard InChI is InChI=1S/C24H21NO4/c1-16-12-13-19(14-17(16)2)24(28)29-15-22(26)25-21-11-7-6-10-20(21)23(27)18-8-4-3-5-9-18/h3-14H,15H2,1-2H3,(H,25,26). The second-order valence-corrected chi connectivity index (χ2v) is 6.66. The van der Waals surface area contributed by atoms with Crippen LogP contribution in [0.3, 0.4) is 0 Å². The van der Waals surface area contributed by atoms with Crippen molar-refractivity contribution in [3.8, 4) is 0 Å². The normalized spacial score (nSPS) is 10.3. The molecule has 1 N–H and O–H groups in total. The van der Waals surface area contributed by atoms with Gasteiger partial charge < -0.3 is 10.1 Å². The molecule has 0 fully saturated rings. The van der Waals surface area contributed by atoms with E-state index in [2.05, 4.69) is 5.32 Å². The Kier molecular flexibility index (Phi) is 6.19. The Morgan fingerprint density at radius 1 is 0.793 bits per heavy atom. The van der Waals surface area contributed by atoms with E-state index in [0.29, 0.717) is 22.4 Å². The van der Waals surface area contributed by atoms with Crippen LogP contribution in [0.15, 0.2) is 72.8 Å². The van der Waals surface area contributed by atoms with Crippen LogP contribution in [0.25, 0.3) is 0 Å². The zero-order valence-electron chi connectivity index (χ0n) is 16.3. The van der Waals surface area contributed by atoms with E-state index in [1.165, 1.54) is 0 Å². The molecule has 0 atom stereocenters. The molecule has 3 rings (SSSR count). The summed E-state index contributed by atoms with van der Waals surface area (Å²) in [6.45, 7) is 3.41. The first-order valence-electron chi connectivity index (χ1n) is 9.18. The average Bonchev–Trinajstić information content (AvgIpc) is 2.74. The topological polar surface area (TPSA) is 72.5 Å². The maximum Gasteiger partial charge on any atom is 0.338 e. The van der Waals surface area contributed by atoms with Crippen molar-refractivity contribution >= 4 is 23.3 Å². The summed E-state index contributed by atoms with van der Waals surface area (Å²) in [6.07, 6.45) is 0. The Balaban J connectivity index is 1.66. The fraction of sp³-hybridized carbons (Fsp3) is 0.125. The summed E-state index contributed by atoms with van der Waals surface area (Å²) in [6, 6.07) is 20.8. The number of rotatable bonds is 6. The highest BCUT2D eigenvalue weighted by atomic mass is 16.5. The third-order valence-corrected chi connectivity index (χ3v) is 4.56. The summed E-state index contributed by atoms with van der Waals surface area (Å²) < 4.78 is 5.11. The van der Waals surface area contributed by atoms with Gasteiger partial charge in [0.2, 0.25) is 0 Å². The van der Waals surface area contributed by atoms with Crippen molar-refractivity contribution in [1.29, 1.82) is 0 Å². The van der Waals surface area contributed by atoms with Crippen LogP contribution in [0.4, 0.5) is 5.69 Å². The van der Waals surface area contributed by atoms with Gasteiger partial charge in [0.15, 0.2) is 12.4 Å². The van der Waals surface area contributed by atoms with E-state index < -0.39 is 18.5 Å². The fourth-order valence-electron chi connectivity index (χ4n) is 2.80. The third kappa shape index (κ3) is 4.96. The van der Waals surface area contributed by atoms with Crippen LogP contribution < -0.4 is 5.32 Å². The number of ether oxygens (including phenoxy) is 1. The molecule has 0 aliphatic heterocycles. The van der Waals surface area contributed by atoms with Crippen molar-refractivity contribution in [2.24, 2.45) is 0 Å². The maximum absolute atomic E-state index is 12.7. The number of anilines is 1. The zero-order valence-corrected chi connectivity index (χ0v) is 16.3. The lowest BCUT2D eigenvalue weighted by molar-refractivity contribution is -0.119. The molecular formula is C24H21NO4. The number of carbonyl (C=O) groups is 3. The molecule has 0 aliphatic rings. The molecule has 0 saturated carbocycles. The van der Waals surface area contributed by atoms with Gasteiger partial charge in [0.05, 0.1) is 11.3 Å². The lowest BCUT2D eigenvalue weighted by Crippen LogP contribution is -2.22. The average molecular weight is 387 g/mol. The second-order valence-electron chi connectivity index (χ2n) is 6.66. The van der Waals surface area contributed by atoms with E-state index in [1.54, 1.807) is 60.7 Å². The number of aryl methyl sites for hydroxylation is 2. The Hall–Kier alpha value is -3.73. The predicted molar refractivity (Wildman–Crippen MR) is 111 cm³/mol. The fourth-order valence-corrected chi connectivity index (χ4v) is 2.80. The van der Waals surface area contributed by atoms with Gasteiger partial charge in [-0.2, -0.15) is 0 Å². The molecule has 5 nitrogen and oxygen atoms in total. The Morgan fingerprint density at radius 2 is 1.48 bits per heavy atom. The van der Waals surface area contributed by atoms with E-state index in [9.17, 15) is 14.4 Å². The summed E-state index contributed by atoms with van der Waals surface area (Å²) >= 11 is 0. The molecule has 1 amide bonds. The molecule has 0 aromatic heterocycles. The van der Waals surface area contributed by atoms with E-state index in [-0.39, 0.29) is 5.78 Å². The highest BCUT2D eigenvalue weighted by Gasteiger charge is 2.16. The molecule has 0 bridgehead atoms. The van der Waals surface area contributed by atoms with Crippen molar-refractivity contribution in [1.82, 2.24) is 0 Å². The summed E-state index contributed by atoms with van der Waals surface area (Å²) in [4.78, 5) is 37.2. The predicted octanol–water partition coefficient (Wildman–Crippen LogP) is 4.33. The largest absolute Gasteiger partial charge is 0.452 e. The summed E-state index contributed by atoms with van der Waals surface area (Å²) in [5.74, 6) is -1.29. The minimum atomic E-state index is -0.572. The van der Waals surface area contributed by atoms with Gasteiger partial charge in [0.25, 0.3) is 5.91 Å². The second kappa shape index (κ2) is 8.97. The van der Waals surface area contributed by atoms with Gasteiger partial charge in [-0.3, -0.25) is 9.59 Å². The van der Waals surface area contributed by atoms with E-state index in [1.807, 2.05) is 26.0 Å². The van der Waals surface area contributed by atoms with Crippen molar-refractivity contribution in [3.63, 3.8) is 0 Å². The summed E-state index contributed by atoms with van der Waals surface area (Å²) in [7, 11) is 0. The Morgan fingerprint density at radius 3 is 2.21 bits per heavy atom. The highest BCUT2D eigenvalue weighted by Crippen LogP contribution is 2.19. The minimum Gasteiger partial charge on any atom is -0.452 e. The number of esters is 1. The molecule has 146 valence electrons. The van der Waals surface area contributed by atoms with Gasteiger partial charge in [-0.15, -0.1) is 0 Å². The monoisotopic (exact) mass is 387 g/mol. The summed E-state index contributed by atoms with van der Waals surface area (Å²) in [5.41, 5.74) is 3.69. The van der Waals surface area contributed by atoms with Gasteiger partial charge >= 0.3 is 5.97 Å². The van der Waals surface area contributed by atoms with Crippen LogP contribution in [-0.2, 0) is 9.53 Å². The molecule has 5 heteroatoms. The first kappa shape index (κ1) is 20.0. The highest BCUT2D eigenvalue weighted by molar-refractivity contribution is 6.13. The van der Waals surface area contributed by atoms with E-state index in [4.69, 9.17) is 4.74 Å². The number of benzene rings is 3. The molecule has 3 aromatic rings. The molecule has 29 heavy (non-hydrogen) atoms. The number of carbonyl (C=O) groups excluding carboxylic acids is 3. The van der Waals surface area contributed by atoms with Crippen LogP contribution in [0.5, 0.6) is 0 Å². The lowest BCUT2D eigenvalue weighted by Gasteiger charge is -2.11. The van der Waals surface area contributed by atoms with Crippen LogP contribution in [0, 0.1) is 13.8 Å². The number of para-hydroxylation sites is 1. The molecular weight excluding hydrogens is 366 g/mol. The minimum absolute atomic E-state index is 0.200. The molecule has 0 saturated heterocycles. The Bertz CT molecular complexity index is 1060. The molecule has 0 unspecified atom stereocenters. The van der Waals surface area contributed by atoms with Crippen LogP contribution in [-0.4, -0.2) is 24.3 Å². The molecule has 0 radical (unpaired) electrons. The lowest BCUT2D eigenvalue weighted by atomic mass is 10.0. The van der Waals surface area contributed by atoms with Gasteiger partial charge in [0, 0.05) is 11.1 Å². The van der Waals surface area contributed by atoms with Gasteiger partial charge in [-0.25, -0.2) is 4.79 Å². The number of hydrogen-bond donors (Lipinski definition) is 1. The van der Waals surface area contributed by atoms with Gasteiger partial charge in [-0.1, -0.05) is 48.5 Å².